The summed E-state index contributed by atoms with van der Waals surface area (Å²) < 4.78 is 16.2. The fraction of sp³-hybridized carbons (Fsp3) is 0.435. The third-order valence-electron chi connectivity index (χ3n) is 5.50. The topological polar surface area (TPSA) is 60.0 Å². The maximum absolute atomic E-state index is 12.7. The van der Waals surface area contributed by atoms with Crippen LogP contribution in [0.25, 0.3) is 0 Å². The van der Waals surface area contributed by atoms with E-state index in [9.17, 15) is 4.79 Å². The van der Waals surface area contributed by atoms with Gasteiger partial charge in [0.05, 0.1) is 21.3 Å². The van der Waals surface area contributed by atoms with Gasteiger partial charge in [0.15, 0.2) is 11.5 Å². The van der Waals surface area contributed by atoms with E-state index >= 15 is 0 Å². The maximum Gasteiger partial charge on any atom is 0.223 e. The molecule has 0 radical (unpaired) electrons. The number of rotatable bonds is 7. The summed E-state index contributed by atoms with van der Waals surface area (Å²) in [4.78, 5) is 15.1. The smallest absolute Gasteiger partial charge is 0.223 e. The molecule has 1 fully saturated rings. The minimum Gasteiger partial charge on any atom is -0.493 e. The number of amides is 1. The van der Waals surface area contributed by atoms with Crippen LogP contribution in [-0.4, -0.2) is 40.3 Å². The Balaban J connectivity index is 1.57. The summed E-state index contributed by atoms with van der Waals surface area (Å²) in [6, 6.07) is 12.3. The second kappa shape index (κ2) is 9.54. The SMILES string of the molecule is COc1ccc(CNC(=O)C2CCN(c3ccc(C)cc3)CC2)c(OC)c1OC. The molecule has 29 heavy (non-hydrogen) atoms. The average Bonchev–Trinajstić information content (AvgIpc) is 2.77. The van der Waals surface area contributed by atoms with Gasteiger partial charge in [0, 0.05) is 36.8 Å². The molecule has 1 amide bonds. The van der Waals surface area contributed by atoms with Gasteiger partial charge in [-0.25, -0.2) is 0 Å². The highest BCUT2D eigenvalue weighted by Crippen LogP contribution is 2.39. The first kappa shape index (κ1) is 20.8. The molecule has 2 aromatic carbocycles. The van der Waals surface area contributed by atoms with Crippen LogP contribution in [0, 0.1) is 12.8 Å². The molecule has 1 saturated heterocycles. The van der Waals surface area contributed by atoms with Crippen molar-refractivity contribution in [3.05, 3.63) is 47.5 Å². The van der Waals surface area contributed by atoms with Crippen LogP contribution in [0.15, 0.2) is 36.4 Å². The molecule has 156 valence electrons. The second-order valence-corrected chi connectivity index (χ2v) is 7.31. The predicted molar refractivity (Wildman–Crippen MR) is 114 cm³/mol. The maximum atomic E-state index is 12.7. The minimum absolute atomic E-state index is 0.0304. The Morgan fingerprint density at radius 2 is 1.62 bits per heavy atom. The van der Waals surface area contributed by atoms with E-state index in [1.165, 1.54) is 11.3 Å². The third kappa shape index (κ3) is 4.75. The van der Waals surface area contributed by atoms with Crippen LogP contribution < -0.4 is 24.4 Å². The molecule has 0 bridgehead atoms. The molecule has 6 nitrogen and oxygen atoms in total. The van der Waals surface area contributed by atoms with Gasteiger partial charge < -0.3 is 24.4 Å². The molecule has 1 aliphatic heterocycles. The van der Waals surface area contributed by atoms with Crippen LogP contribution >= 0.6 is 0 Å². The average molecular weight is 399 g/mol. The van der Waals surface area contributed by atoms with E-state index in [1.807, 2.05) is 12.1 Å². The fourth-order valence-electron chi connectivity index (χ4n) is 3.78. The molecule has 3 rings (SSSR count). The highest BCUT2D eigenvalue weighted by molar-refractivity contribution is 5.79. The van der Waals surface area contributed by atoms with Crippen molar-refractivity contribution in [1.29, 1.82) is 0 Å². The first-order chi connectivity index (χ1) is 14.1. The molecule has 0 spiro atoms. The highest BCUT2D eigenvalue weighted by atomic mass is 16.5. The van der Waals surface area contributed by atoms with E-state index in [-0.39, 0.29) is 11.8 Å². The lowest BCUT2D eigenvalue weighted by Gasteiger charge is -2.33. The van der Waals surface area contributed by atoms with Crippen LogP contribution in [0.5, 0.6) is 17.2 Å². The van der Waals surface area contributed by atoms with Crippen LogP contribution in [0.3, 0.4) is 0 Å². The van der Waals surface area contributed by atoms with Crippen molar-refractivity contribution in [2.24, 2.45) is 5.92 Å². The molecule has 0 atom stereocenters. The van der Waals surface area contributed by atoms with Gasteiger partial charge in [-0.05, 0) is 44.0 Å². The molecule has 0 aromatic heterocycles. The minimum atomic E-state index is 0.0304. The number of nitrogens with one attached hydrogen (secondary N) is 1. The van der Waals surface area contributed by atoms with Crippen molar-refractivity contribution in [3.8, 4) is 17.2 Å². The zero-order valence-electron chi connectivity index (χ0n) is 17.7. The molecular formula is C23H30N2O4. The lowest BCUT2D eigenvalue weighted by atomic mass is 9.95. The summed E-state index contributed by atoms with van der Waals surface area (Å²) in [5.74, 6) is 1.84. The fourth-order valence-corrected chi connectivity index (χ4v) is 3.78. The zero-order chi connectivity index (χ0) is 20.8. The number of aryl methyl sites for hydroxylation is 1. The van der Waals surface area contributed by atoms with Crippen LogP contribution in [0.1, 0.15) is 24.0 Å². The lowest BCUT2D eigenvalue weighted by Crippen LogP contribution is -2.40. The van der Waals surface area contributed by atoms with Crippen molar-refractivity contribution < 1.29 is 19.0 Å². The van der Waals surface area contributed by atoms with Gasteiger partial charge in [0.2, 0.25) is 11.7 Å². The monoisotopic (exact) mass is 398 g/mol. The van der Waals surface area contributed by atoms with E-state index in [0.29, 0.717) is 23.8 Å². The van der Waals surface area contributed by atoms with Crippen LogP contribution in [-0.2, 0) is 11.3 Å². The number of benzene rings is 2. The molecule has 1 heterocycles. The van der Waals surface area contributed by atoms with Crippen LogP contribution in [0.4, 0.5) is 5.69 Å². The predicted octanol–water partition coefficient (Wildman–Crippen LogP) is 3.55. The molecule has 0 aliphatic carbocycles. The first-order valence-corrected chi connectivity index (χ1v) is 9.94. The van der Waals surface area contributed by atoms with Gasteiger partial charge in [-0.15, -0.1) is 0 Å². The summed E-state index contributed by atoms with van der Waals surface area (Å²) in [7, 11) is 4.75. The Hall–Kier alpha value is -2.89. The van der Waals surface area contributed by atoms with E-state index in [1.54, 1.807) is 21.3 Å². The number of hydrogen-bond acceptors (Lipinski definition) is 5. The van der Waals surface area contributed by atoms with Gasteiger partial charge in [-0.2, -0.15) is 0 Å². The van der Waals surface area contributed by atoms with Crippen molar-refractivity contribution in [2.75, 3.05) is 39.3 Å². The summed E-state index contributed by atoms with van der Waals surface area (Å²) in [5.41, 5.74) is 3.34. The number of carbonyl (C=O) groups excluding carboxylic acids is 1. The molecule has 1 N–H and O–H groups in total. The van der Waals surface area contributed by atoms with E-state index in [0.717, 1.165) is 31.5 Å². The Morgan fingerprint density at radius 1 is 0.966 bits per heavy atom. The number of carbonyl (C=O) groups is 1. The van der Waals surface area contributed by atoms with Gasteiger partial charge in [0.25, 0.3) is 0 Å². The van der Waals surface area contributed by atoms with Crippen LogP contribution in [0.2, 0.25) is 0 Å². The quantitative estimate of drug-likeness (QED) is 0.773. The van der Waals surface area contributed by atoms with E-state index in [4.69, 9.17) is 14.2 Å². The Labute approximate surface area is 172 Å². The van der Waals surface area contributed by atoms with E-state index < -0.39 is 0 Å². The number of ether oxygens (including phenoxy) is 3. The molecular weight excluding hydrogens is 368 g/mol. The number of hydrogen-bond donors (Lipinski definition) is 1. The Kier molecular flexibility index (Phi) is 6.86. The molecule has 0 saturated carbocycles. The van der Waals surface area contributed by atoms with Gasteiger partial charge >= 0.3 is 0 Å². The zero-order valence-corrected chi connectivity index (χ0v) is 17.7. The molecule has 2 aromatic rings. The Bertz CT molecular complexity index is 828. The number of nitrogens with zero attached hydrogens (tertiary/aromatic N) is 1. The molecule has 0 unspecified atom stereocenters. The molecule has 1 aliphatic rings. The summed E-state index contributed by atoms with van der Waals surface area (Å²) >= 11 is 0. The summed E-state index contributed by atoms with van der Waals surface area (Å²) in [5, 5.41) is 3.06. The molecule has 6 heteroatoms. The van der Waals surface area contributed by atoms with Crippen molar-refractivity contribution in [1.82, 2.24) is 5.32 Å². The normalized spacial score (nSPS) is 14.4. The van der Waals surface area contributed by atoms with Gasteiger partial charge in [-0.3, -0.25) is 4.79 Å². The van der Waals surface area contributed by atoms with Crippen molar-refractivity contribution in [2.45, 2.75) is 26.3 Å². The van der Waals surface area contributed by atoms with Gasteiger partial charge in [-0.1, -0.05) is 17.7 Å². The van der Waals surface area contributed by atoms with Crippen molar-refractivity contribution >= 4 is 11.6 Å². The van der Waals surface area contributed by atoms with Gasteiger partial charge in [0.1, 0.15) is 0 Å². The number of methoxy groups -OCH3 is 3. The third-order valence-corrected chi connectivity index (χ3v) is 5.50. The van der Waals surface area contributed by atoms with Crippen molar-refractivity contribution in [3.63, 3.8) is 0 Å². The lowest BCUT2D eigenvalue weighted by molar-refractivity contribution is -0.125. The Morgan fingerprint density at radius 3 is 2.21 bits per heavy atom. The van der Waals surface area contributed by atoms with E-state index in [2.05, 4.69) is 41.4 Å². The number of anilines is 1. The standard InChI is InChI=1S/C23H30N2O4/c1-16-5-8-19(9-6-16)25-13-11-17(12-14-25)23(26)24-15-18-7-10-20(27-2)22(29-4)21(18)28-3/h5-10,17H,11-15H2,1-4H3,(H,24,26). The summed E-state index contributed by atoms with van der Waals surface area (Å²) in [6.45, 7) is 4.26. The second-order valence-electron chi connectivity index (χ2n) is 7.31. The highest BCUT2D eigenvalue weighted by Gasteiger charge is 2.25. The first-order valence-electron chi connectivity index (χ1n) is 9.94. The summed E-state index contributed by atoms with van der Waals surface area (Å²) in [6.07, 6.45) is 1.70. The number of piperidine rings is 1. The largest absolute Gasteiger partial charge is 0.493 e.